The van der Waals surface area contributed by atoms with Crippen LogP contribution in [0.3, 0.4) is 0 Å². The monoisotopic (exact) mass is 285 g/mol. The third kappa shape index (κ3) is 5.17. The molecule has 112 valence electrons. The number of benzene rings is 1. The average Bonchev–Trinajstić information content (AvgIpc) is 2.49. The molecular formula is C17H23N3O. The summed E-state index contributed by atoms with van der Waals surface area (Å²) in [5.74, 6) is 0.902. The number of aliphatic hydroxyl groups is 1. The number of aliphatic hydroxyl groups excluding tert-OH is 1. The molecule has 4 heteroatoms. The number of aromatic nitrogens is 1. The third-order valence-electron chi connectivity index (χ3n) is 3.22. The van der Waals surface area contributed by atoms with Crippen molar-refractivity contribution in [2.75, 3.05) is 25.0 Å². The third-order valence-corrected chi connectivity index (χ3v) is 3.22. The number of pyridine rings is 1. The summed E-state index contributed by atoms with van der Waals surface area (Å²) < 4.78 is 0. The van der Waals surface area contributed by atoms with Crippen LogP contribution in [0.2, 0.25) is 0 Å². The molecule has 4 nitrogen and oxygen atoms in total. The Balaban J connectivity index is 2.03. The molecule has 21 heavy (non-hydrogen) atoms. The maximum Gasteiger partial charge on any atom is 0.126 e. The van der Waals surface area contributed by atoms with E-state index in [2.05, 4.69) is 34.3 Å². The van der Waals surface area contributed by atoms with Gasteiger partial charge < -0.3 is 10.4 Å². The quantitative estimate of drug-likeness (QED) is 0.782. The topological polar surface area (TPSA) is 48.4 Å². The van der Waals surface area contributed by atoms with E-state index < -0.39 is 0 Å². The highest BCUT2D eigenvalue weighted by atomic mass is 16.3. The van der Waals surface area contributed by atoms with E-state index in [0.29, 0.717) is 6.54 Å². The summed E-state index contributed by atoms with van der Waals surface area (Å²) in [5, 5.41) is 12.5. The van der Waals surface area contributed by atoms with Crippen molar-refractivity contribution >= 4 is 5.82 Å². The minimum absolute atomic E-state index is 0.153. The lowest BCUT2D eigenvalue weighted by atomic mass is 10.2. The summed E-state index contributed by atoms with van der Waals surface area (Å²) in [6.07, 6.45) is 0. The van der Waals surface area contributed by atoms with Crippen LogP contribution in [-0.2, 0) is 13.1 Å². The van der Waals surface area contributed by atoms with Crippen LogP contribution in [0.4, 0.5) is 5.82 Å². The number of nitrogens with one attached hydrogen (secondary N) is 1. The molecule has 2 rings (SSSR count). The predicted molar refractivity (Wildman–Crippen MR) is 86.0 cm³/mol. The number of rotatable bonds is 8. The summed E-state index contributed by atoms with van der Waals surface area (Å²) in [6.45, 7) is 5.26. The summed E-state index contributed by atoms with van der Waals surface area (Å²) in [5.41, 5.74) is 2.26. The van der Waals surface area contributed by atoms with E-state index in [1.54, 1.807) is 0 Å². The molecule has 0 atom stereocenters. The van der Waals surface area contributed by atoms with Crippen LogP contribution < -0.4 is 5.32 Å². The lowest BCUT2D eigenvalue weighted by Crippen LogP contribution is -2.26. The summed E-state index contributed by atoms with van der Waals surface area (Å²) >= 11 is 0. The fourth-order valence-electron chi connectivity index (χ4n) is 2.27. The van der Waals surface area contributed by atoms with Crippen LogP contribution in [0.15, 0.2) is 48.5 Å². The molecule has 0 unspecified atom stereocenters. The molecule has 0 radical (unpaired) electrons. The Morgan fingerprint density at radius 2 is 1.86 bits per heavy atom. The van der Waals surface area contributed by atoms with Gasteiger partial charge in [-0.3, -0.25) is 4.90 Å². The molecule has 0 bridgehead atoms. The van der Waals surface area contributed by atoms with Crippen molar-refractivity contribution in [3.05, 3.63) is 59.8 Å². The Morgan fingerprint density at radius 3 is 2.57 bits per heavy atom. The van der Waals surface area contributed by atoms with Crippen LogP contribution in [0, 0.1) is 0 Å². The highest BCUT2D eigenvalue weighted by Crippen LogP contribution is 2.10. The number of hydrogen-bond donors (Lipinski definition) is 2. The molecule has 1 heterocycles. The van der Waals surface area contributed by atoms with Crippen LogP contribution in [-0.4, -0.2) is 34.7 Å². The van der Waals surface area contributed by atoms with Crippen LogP contribution >= 0.6 is 0 Å². The molecule has 0 aliphatic carbocycles. The second kappa shape index (κ2) is 8.39. The van der Waals surface area contributed by atoms with Gasteiger partial charge >= 0.3 is 0 Å². The van der Waals surface area contributed by atoms with E-state index in [4.69, 9.17) is 0 Å². The van der Waals surface area contributed by atoms with Crippen LogP contribution in [0.25, 0.3) is 0 Å². The highest BCUT2D eigenvalue weighted by molar-refractivity contribution is 5.35. The maximum absolute atomic E-state index is 9.26. The number of hydrogen-bond acceptors (Lipinski definition) is 4. The number of anilines is 1. The van der Waals surface area contributed by atoms with Gasteiger partial charge in [-0.2, -0.15) is 0 Å². The zero-order valence-electron chi connectivity index (χ0n) is 12.5. The minimum atomic E-state index is 0.153. The second-order valence-corrected chi connectivity index (χ2v) is 4.96. The zero-order valence-corrected chi connectivity index (χ0v) is 12.5. The van der Waals surface area contributed by atoms with Gasteiger partial charge in [0.1, 0.15) is 5.82 Å². The molecule has 0 amide bonds. The Morgan fingerprint density at radius 1 is 1.05 bits per heavy atom. The average molecular weight is 285 g/mol. The SMILES string of the molecule is CCNc1cccc(CN(CCO)Cc2ccccc2)n1. The molecule has 0 fully saturated rings. The van der Waals surface area contributed by atoms with E-state index in [0.717, 1.165) is 31.1 Å². The van der Waals surface area contributed by atoms with Gasteiger partial charge in [0.2, 0.25) is 0 Å². The van der Waals surface area contributed by atoms with Gasteiger partial charge in [-0.25, -0.2) is 4.98 Å². The fourth-order valence-corrected chi connectivity index (χ4v) is 2.27. The first-order valence-corrected chi connectivity index (χ1v) is 7.38. The highest BCUT2D eigenvalue weighted by Gasteiger charge is 2.08. The minimum Gasteiger partial charge on any atom is -0.395 e. The van der Waals surface area contributed by atoms with Gasteiger partial charge in [0.05, 0.1) is 12.3 Å². The van der Waals surface area contributed by atoms with Gasteiger partial charge in [-0.15, -0.1) is 0 Å². The maximum atomic E-state index is 9.26. The Hall–Kier alpha value is -1.91. The van der Waals surface area contributed by atoms with Gasteiger partial charge in [0.15, 0.2) is 0 Å². The number of nitrogens with zero attached hydrogens (tertiary/aromatic N) is 2. The smallest absolute Gasteiger partial charge is 0.126 e. The van der Waals surface area contributed by atoms with Crippen molar-refractivity contribution < 1.29 is 5.11 Å². The van der Waals surface area contributed by atoms with E-state index in [1.165, 1.54) is 5.56 Å². The van der Waals surface area contributed by atoms with E-state index in [1.807, 2.05) is 36.4 Å². The Kier molecular flexibility index (Phi) is 6.19. The lowest BCUT2D eigenvalue weighted by molar-refractivity contribution is 0.183. The molecule has 1 aromatic heterocycles. The predicted octanol–water partition coefficient (Wildman–Crippen LogP) is 2.51. The molecule has 0 saturated carbocycles. The summed E-state index contributed by atoms with van der Waals surface area (Å²) in [6, 6.07) is 16.3. The molecule has 0 saturated heterocycles. The molecule has 0 spiro atoms. The summed E-state index contributed by atoms with van der Waals surface area (Å²) in [7, 11) is 0. The van der Waals surface area contributed by atoms with Gasteiger partial charge in [-0.1, -0.05) is 36.4 Å². The van der Waals surface area contributed by atoms with Crippen LogP contribution in [0.5, 0.6) is 0 Å². The van der Waals surface area contributed by atoms with Crippen molar-refractivity contribution in [2.45, 2.75) is 20.0 Å². The first kappa shape index (κ1) is 15.5. The Labute approximate surface area is 126 Å². The molecule has 2 N–H and O–H groups in total. The first-order valence-electron chi connectivity index (χ1n) is 7.38. The van der Waals surface area contributed by atoms with Crippen molar-refractivity contribution in [2.24, 2.45) is 0 Å². The van der Waals surface area contributed by atoms with Crippen molar-refractivity contribution in [3.8, 4) is 0 Å². The lowest BCUT2D eigenvalue weighted by Gasteiger charge is -2.21. The molecule has 0 aliphatic heterocycles. The largest absolute Gasteiger partial charge is 0.395 e. The zero-order chi connectivity index (χ0) is 14.9. The molecule has 1 aromatic carbocycles. The van der Waals surface area contributed by atoms with E-state index in [9.17, 15) is 5.11 Å². The van der Waals surface area contributed by atoms with Gasteiger partial charge in [-0.05, 0) is 24.6 Å². The van der Waals surface area contributed by atoms with Gasteiger partial charge in [0, 0.05) is 26.2 Å². The van der Waals surface area contributed by atoms with Crippen molar-refractivity contribution in [3.63, 3.8) is 0 Å². The second-order valence-electron chi connectivity index (χ2n) is 4.96. The normalized spacial score (nSPS) is 10.8. The van der Waals surface area contributed by atoms with E-state index in [-0.39, 0.29) is 6.61 Å². The van der Waals surface area contributed by atoms with Crippen molar-refractivity contribution in [1.82, 2.24) is 9.88 Å². The standard InChI is InChI=1S/C17H23N3O/c1-2-18-17-10-6-9-16(19-17)14-20(11-12-21)13-15-7-4-3-5-8-15/h3-10,21H,2,11-14H2,1H3,(H,18,19). The van der Waals surface area contributed by atoms with Gasteiger partial charge in [0.25, 0.3) is 0 Å². The first-order chi connectivity index (χ1) is 10.3. The van der Waals surface area contributed by atoms with Crippen LogP contribution in [0.1, 0.15) is 18.2 Å². The molecule has 2 aromatic rings. The summed E-state index contributed by atoms with van der Waals surface area (Å²) in [4.78, 5) is 6.79. The fraction of sp³-hybridized carbons (Fsp3) is 0.353. The van der Waals surface area contributed by atoms with Crippen molar-refractivity contribution in [1.29, 1.82) is 0 Å². The van der Waals surface area contributed by atoms with E-state index >= 15 is 0 Å². The molecular weight excluding hydrogens is 262 g/mol. The molecule has 0 aliphatic rings. The Bertz CT molecular complexity index is 531.